The lowest BCUT2D eigenvalue weighted by Crippen LogP contribution is -2.63. The lowest BCUT2D eigenvalue weighted by atomic mass is 9.87. The number of piperazine rings is 1. The number of aryl methyl sites for hydroxylation is 1. The summed E-state index contributed by atoms with van der Waals surface area (Å²) in [6.45, 7) is 13.0. The fourth-order valence-corrected chi connectivity index (χ4v) is 5.73. The van der Waals surface area contributed by atoms with E-state index in [1.807, 2.05) is 6.92 Å². The van der Waals surface area contributed by atoms with Crippen molar-refractivity contribution in [3.63, 3.8) is 0 Å². The minimum absolute atomic E-state index is 0.0364. The van der Waals surface area contributed by atoms with Crippen LogP contribution < -0.4 is 15.5 Å². The maximum Gasteiger partial charge on any atom is 0.241 e. The number of amides is 2. The molecule has 2 aliphatic rings. The van der Waals surface area contributed by atoms with E-state index in [0.29, 0.717) is 49.8 Å². The number of carbonyl (C=O) groups is 2. The van der Waals surface area contributed by atoms with Crippen molar-refractivity contribution in [1.82, 2.24) is 20.5 Å². The first-order chi connectivity index (χ1) is 18.4. The van der Waals surface area contributed by atoms with Crippen LogP contribution in [0, 0.1) is 36.3 Å². The topological polar surface area (TPSA) is 77.6 Å². The Labute approximate surface area is 230 Å². The number of aromatic nitrogens is 1. The molecular formula is C30H41F2N5O2. The largest absolute Gasteiger partial charge is 0.347 e. The highest BCUT2D eigenvalue weighted by molar-refractivity contribution is 5.96. The van der Waals surface area contributed by atoms with Gasteiger partial charge in [0.05, 0.1) is 30.4 Å². The third kappa shape index (κ3) is 7.19. The van der Waals surface area contributed by atoms with Gasteiger partial charge in [-0.25, -0.2) is 8.78 Å². The Balaban J connectivity index is 1.40. The first-order valence-electron chi connectivity index (χ1n) is 13.9. The number of nitrogens with zero attached hydrogens (tertiary/aromatic N) is 3. The Morgan fingerprint density at radius 2 is 1.92 bits per heavy atom. The summed E-state index contributed by atoms with van der Waals surface area (Å²) in [5.74, 6) is -0.539. The van der Waals surface area contributed by atoms with Gasteiger partial charge in [-0.2, -0.15) is 0 Å². The van der Waals surface area contributed by atoms with Gasteiger partial charge in [0, 0.05) is 30.9 Å². The fraction of sp³-hybridized carbons (Fsp3) is 0.567. The van der Waals surface area contributed by atoms with Crippen LogP contribution in [0.5, 0.6) is 0 Å². The predicted octanol–water partition coefficient (Wildman–Crippen LogP) is 4.22. The summed E-state index contributed by atoms with van der Waals surface area (Å²) in [4.78, 5) is 34.6. The van der Waals surface area contributed by atoms with Crippen molar-refractivity contribution in [1.29, 1.82) is 0 Å². The van der Waals surface area contributed by atoms with Gasteiger partial charge in [-0.05, 0) is 81.8 Å². The molecule has 0 radical (unpaired) electrons. The predicted molar refractivity (Wildman–Crippen MR) is 148 cm³/mol. The summed E-state index contributed by atoms with van der Waals surface area (Å²) < 4.78 is 27.4. The zero-order chi connectivity index (χ0) is 28.3. The van der Waals surface area contributed by atoms with Gasteiger partial charge in [-0.15, -0.1) is 0 Å². The molecule has 2 aromatic rings. The molecule has 0 bridgehead atoms. The highest BCUT2D eigenvalue weighted by Crippen LogP contribution is 2.31. The normalized spacial score (nSPS) is 22.7. The second-order valence-electron chi connectivity index (χ2n) is 12.2. The van der Waals surface area contributed by atoms with Crippen LogP contribution in [-0.2, 0) is 9.59 Å². The van der Waals surface area contributed by atoms with Crippen molar-refractivity contribution in [2.45, 2.75) is 59.0 Å². The molecule has 4 rings (SSSR count). The van der Waals surface area contributed by atoms with Crippen molar-refractivity contribution in [3.8, 4) is 0 Å². The average molecular weight is 542 g/mol. The van der Waals surface area contributed by atoms with E-state index in [2.05, 4.69) is 48.2 Å². The van der Waals surface area contributed by atoms with Crippen LogP contribution in [-0.4, -0.2) is 60.0 Å². The number of anilines is 1. The molecule has 2 amide bonds. The SMILES string of the molecule is Cc1ccc(F)cc1N1CC(C)(C)N(C[C@H]2CNC[C@@H](C(=O)N[C@H](CC(C)C)c3ccc(F)cn3)C2)CC1=O. The first kappa shape index (κ1) is 29.1. The fourth-order valence-electron chi connectivity index (χ4n) is 5.73. The van der Waals surface area contributed by atoms with Gasteiger partial charge >= 0.3 is 0 Å². The number of hydrogen-bond donors (Lipinski definition) is 2. The molecule has 212 valence electrons. The molecule has 0 saturated carbocycles. The van der Waals surface area contributed by atoms with Crippen molar-refractivity contribution in [2.75, 3.05) is 37.6 Å². The van der Waals surface area contributed by atoms with Gasteiger partial charge in [0.25, 0.3) is 0 Å². The summed E-state index contributed by atoms with van der Waals surface area (Å²) in [6.07, 6.45) is 2.60. The molecule has 7 nitrogen and oxygen atoms in total. The van der Waals surface area contributed by atoms with Crippen LogP contribution in [0.2, 0.25) is 0 Å². The van der Waals surface area contributed by atoms with Crippen molar-refractivity contribution < 1.29 is 18.4 Å². The highest BCUT2D eigenvalue weighted by Gasteiger charge is 2.41. The van der Waals surface area contributed by atoms with Crippen LogP contribution in [0.3, 0.4) is 0 Å². The Hall–Kier alpha value is -2.91. The van der Waals surface area contributed by atoms with E-state index >= 15 is 0 Å². The molecular weight excluding hydrogens is 500 g/mol. The third-order valence-corrected chi connectivity index (χ3v) is 7.91. The molecule has 3 heterocycles. The maximum atomic E-state index is 14.0. The van der Waals surface area contributed by atoms with Crippen LogP contribution in [0.15, 0.2) is 36.5 Å². The minimum Gasteiger partial charge on any atom is -0.347 e. The van der Waals surface area contributed by atoms with Gasteiger partial charge in [-0.1, -0.05) is 19.9 Å². The first-order valence-corrected chi connectivity index (χ1v) is 13.9. The van der Waals surface area contributed by atoms with Gasteiger partial charge in [0.2, 0.25) is 11.8 Å². The molecule has 0 spiro atoms. The minimum atomic E-state index is -0.402. The Morgan fingerprint density at radius 3 is 2.62 bits per heavy atom. The van der Waals surface area contributed by atoms with E-state index in [4.69, 9.17) is 0 Å². The molecule has 1 aromatic carbocycles. The number of piperidine rings is 1. The third-order valence-electron chi connectivity index (χ3n) is 7.91. The van der Waals surface area contributed by atoms with E-state index in [9.17, 15) is 18.4 Å². The molecule has 2 saturated heterocycles. The van der Waals surface area contributed by atoms with E-state index in [1.54, 1.807) is 17.0 Å². The molecule has 9 heteroatoms. The summed E-state index contributed by atoms with van der Waals surface area (Å²) in [5.41, 5.74) is 1.82. The van der Waals surface area contributed by atoms with Crippen molar-refractivity contribution >= 4 is 17.5 Å². The van der Waals surface area contributed by atoms with E-state index in [1.165, 1.54) is 24.4 Å². The molecule has 2 N–H and O–H groups in total. The van der Waals surface area contributed by atoms with Crippen molar-refractivity contribution in [3.05, 3.63) is 59.4 Å². The van der Waals surface area contributed by atoms with Crippen LogP contribution in [0.4, 0.5) is 14.5 Å². The van der Waals surface area contributed by atoms with Crippen LogP contribution in [0.25, 0.3) is 0 Å². The summed E-state index contributed by atoms with van der Waals surface area (Å²) in [6, 6.07) is 7.27. The highest BCUT2D eigenvalue weighted by atomic mass is 19.1. The van der Waals surface area contributed by atoms with Crippen LogP contribution >= 0.6 is 0 Å². The number of halogens is 2. The van der Waals surface area contributed by atoms with E-state index in [0.717, 1.165) is 12.1 Å². The molecule has 3 atom stereocenters. The van der Waals surface area contributed by atoms with Gasteiger partial charge in [0.1, 0.15) is 11.6 Å². The number of benzene rings is 1. The number of rotatable bonds is 8. The van der Waals surface area contributed by atoms with Gasteiger partial charge < -0.3 is 15.5 Å². The molecule has 2 aliphatic heterocycles. The monoisotopic (exact) mass is 541 g/mol. The van der Waals surface area contributed by atoms with Crippen LogP contribution in [0.1, 0.15) is 57.8 Å². The maximum absolute atomic E-state index is 14.0. The Morgan fingerprint density at radius 1 is 1.18 bits per heavy atom. The Bertz CT molecular complexity index is 1170. The summed E-state index contributed by atoms with van der Waals surface area (Å²) in [7, 11) is 0. The van der Waals surface area contributed by atoms with E-state index < -0.39 is 5.82 Å². The summed E-state index contributed by atoms with van der Waals surface area (Å²) >= 11 is 0. The number of nitrogens with one attached hydrogen (secondary N) is 2. The second-order valence-corrected chi connectivity index (χ2v) is 12.2. The molecule has 1 aromatic heterocycles. The number of carbonyl (C=O) groups excluding carboxylic acids is 2. The molecule has 39 heavy (non-hydrogen) atoms. The smallest absolute Gasteiger partial charge is 0.241 e. The van der Waals surface area contributed by atoms with Crippen molar-refractivity contribution in [2.24, 2.45) is 17.8 Å². The zero-order valence-electron chi connectivity index (χ0n) is 23.6. The standard InChI is InChI=1S/C30H41F2N5O2/c1-19(2)10-26(25-9-8-24(32)15-34-25)35-29(39)22-11-21(13-33-14-22)16-36-17-28(38)37(18-30(36,4)5)27-12-23(31)7-6-20(27)3/h6-9,12,15,19,21-22,26,33H,10-11,13-14,16-18H2,1-5H3,(H,35,39)/t21-,22+,26-/m1/s1. The second kappa shape index (κ2) is 12.1. The lowest BCUT2D eigenvalue weighted by molar-refractivity contribution is -0.128. The lowest BCUT2D eigenvalue weighted by Gasteiger charge is -2.48. The Kier molecular flexibility index (Phi) is 9.01. The summed E-state index contributed by atoms with van der Waals surface area (Å²) in [5, 5.41) is 6.58. The molecule has 0 aliphatic carbocycles. The quantitative estimate of drug-likeness (QED) is 0.523. The average Bonchev–Trinajstić information content (AvgIpc) is 2.87. The zero-order valence-corrected chi connectivity index (χ0v) is 23.6. The molecule has 0 unspecified atom stereocenters. The molecule has 2 fully saturated rings. The number of pyridine rings is 1. The van der Waals surface area contributed by atoms with E-state index in [-0.39, 0.29) is 47.6 Å². The van der Waals surface area contributed by atoms with Gasteiger partial charge in [0.15, 0.2) is 0 Å². The van der Waals surface area contributed by atoms with Gasteiger partial charge in [-0.3, -0.25) is 19.5 Å². The number of hydrogen-bond acceptors (Lipinski definition) is 5.